The van der Waals surface area contributed by atoms with E-state index in [1.807, 2.05) is 26.0 Å². The highest BCUT2D eigenvalue weighted by Gasteiger charge is 2.43. The van der Waals surface area contributed by atoms with E-state index in [9.17, 15) is 4.39 Å². The van der Waals surface area contributed by atoms with Gasteiger partial charge in [0.15, 0.2) is 0 Å². The number of hydrogen-bond donors (Lipinski definition) is 0. The molecule has 2 heterocycles. The van der Waals surface area contributed by atoms with E-state index in [4.69, 9.17) is 0 Å². The van der Waals surface area contributed by atoms with Crippen LogP contribution in [-0.2, 0) is 0 Å². The summed E-state index contributed by atoms with van der Waals surface area (Å²) in [5, 5.41) is 0. The first-order valence-electron chi connectivity index (χ1n) is 7.36. The van der Waals surface area contributed by atoms with E-state index in [-0.39, 0.29) is 5.82 Å². The van der Waals surface area contributed by atoms with Crippen molar-refractivity contribution in [1.29, 1.82) is 0 Å². The molecule has 2 saturated heterocycles. The first-order chi connectivity index (χ1) is 9.15. The summed E-state index contributed by atoms with van der Waals surface area (Å²) >= 11 is 0. The maximum Gasteiger partial charge on any atom is 0.123 e. The number of anilines is 1. The summed E-state index contributed by atoms with van der Waals surface area (Å²) < 4.78 is 12.9. The predicted octanol–water partition coefficient (Wildman–Crippen LogP) is 3.24. The van der Waals surface area contributed by atoms with Gasteiger partial charge >= 0.3 is 0 Å². The van der Waals surface area contributed by atoms with Crippen molar-refractivity contribution in [1.82, 2.24) is 4.90 Å². The average Bonchev–Trinajstić information content (AvgIpc) is 2.94. The minimum atomic E-state index is -0.152. The third-order valence-corrected chi connectivity index (χ3v) is 4.52. The van der Waals surface area contributed by atoms with E-state index in [0.717, 1.165) is 30.6 Å². The molecule has 3 rings (SSSR count). The topological polar surface area (TPSA) is 6.48 Å². The number of fused-ring (bicyclic) bond motifs is 1. The van der Waals surface area contributed by atoms with Crippen LogP contribution in [-0.4, -0.2) is 37.6 Å². The zero-order valence-corrected chi connectivity index (χ0v) is 12.4. The van der Waals surface area contributed by atoms with Crippen LogP contribution in [0.4, 0.5) is 10.1 Å². The number of halogens is 1. The molecule has 2 nitrogen and oxygen atoms in total. The fourth-order valence-corrected chi connectivity index (χ4v) is 3.36. The summed E-state index contributed by atoms with van der Waals surface area (Å²) in [5.41, 5.74) is 1.16. The van der Waals surface area contributed by atoms with Crippen LogP contribution in [0.3, 0.4) is 0 Å². The maximum absolute atomic E-state index is 12.9. The second-order valence-electron chi connectivity index (χ2n) is 5.49. The van der Waals surface area contributed by atoms with E-state index in [1.54, 1.807) is 12.1 Å². The third kappa shape index (κ3) is 2.76. The van der Waals surface area contributed by atoms with Gasteiger partial charge in [-0.2, -0.15) is 0 Å². The molecule has 0 bridgehead atoms. The Balaban J connectivity index is 0.000000637. The molecule has 19 heavy (non-hydrogen) atoms. The molecule has 2 aliphatic rings. The number of likely N-dealkylation sites (tertiary alicyclic amines) is 1. The van der Waals surface area contributed by atoms with Crippen LogP contribution in [0, 0.1) is 17.7 Å². The van der Waals surface area contributed by atoms with Crippen molar-refractivity contribution >= 4 is 5.69 Å². The van der Waals surface area contributed by atoms with Crippen LogP contribution in [0.1, 0.15) is 20.8 Å². The maximum atomic E-state index is 12.9. The molecule has 1 aromatic carbocycles. The first kappa shape index (κ1) is 14.3. The molecule has 0 radical (unpaired) electrons. The van der Waals surface area contributed by atoms with E-state index >= 15 is 0 Å². The lowest BCUT2D eigenvalue weighted by Crippen LogP contribution is -2.31. The van der Waals surface area contributed by atoms with Crippen LogP contribution in [0.15, 0.2) is 24.3 Å². The Morgan fingerprint density at radius 2 is 1.68 bits per heavy atom. The second kappa shape index (κ2) is 5.91. The SMILES string of the molecule is CC.CC1C2CN(c3ccc(F)cc3)CC2CN1C. The summed E-state index contributed by atoms with van der Waals surface area (Å²) in [5.74, 6) is 1.39. The number of rotatable bonds is 1. The van der Waals surface area contributed by atoms with Crippen molar-refractivity contribution in [2.45, 2.75) is 26.8 Å². The van der Waals surface area contributed by atoms with Crippen LogP contribution < -0.4 is 4.90 Å². The quantitative estimate of drug-likeness (QED) is 0.768. The zero-order valence-electron chi connectivity index (χ0n) is 12.4. The van der Waals surface area contributed by atoms with Crippen molar-refractivity contribution in [2.75, 3.05) is 31.6 Å². The second-order valence-corrected chi connectivity index (χ2v) is 5.49. The van der Waals surface area contributed by atoms with Gasteiger partial charge in [0.25, 0.3) is 0 Å². The van der Waals surface area contributed by atoms with Crippen molar-refractivity contribution in [3.05, 3.63) is 30.1 Å². The summed E-state index contributed by atoms with van der Waals surface area (Å²) in [7, 11) is 2.21. The summed E-state index contributed by atoms with van der Waals surface area (Å²) in [6.45, 7) is 9.75. The number of nitrogens with zero attached hydrogens (tertiary/aromatic N) is 2. The smallest absolute Gasteiger partial charge is 0.123 e. The lowest BCUT2D eigenvalue weighted by atomic mass is 9.95. The molecule has 0 N–H and O–H groups in total. The molecule has 1 aromatic rings. The molecular weight excluding hydrogens is 239 g/mol. The average molecular weight is 264 g/mol. The Morgan fingerprint density at radius 3 is 2.26 bits per heavy atom. The molecule has 3 unspecified atom stereocenters. The van der Waals surface area contributed by atoms with Crippen LogP contribution in [0.5, 0.6) is 0 Å². The predicted molar refractivity (Wildman–Crippen MR) is 79.0 cm³/mol. The largest absolute Gasteiger partial charge is 0.371 e. The zero-order chi connectivity index (χ0) is 14.0. The standard InChI is InChI=1S/C14H19FN2.C2H6/c1-10-14-9-17(8-11(14)7-16(10)2)13-5-3-12(15)4-6-13;1-2/h3-6,10-11,14H,7-9H2,1-2H3;1-2H3. The minimum absolute atomic E-state index is 0.152. The Kier molecular flexibility index (Phi) is 4.46. The fourth-order valence-electron chi connectivity index (χ4n) is 3.36. The Hall–Kier alpha value is -1.09. The minimum Gasteiger partial charge on any atom is -0.371 e. The van der Waals surface area contributed by atoms with Gasteiger partial charge in [-0.25, -0.2) is 4.39 Å². The Morgan fingerprint density at radius 1 is 1.05 bits per heavy atom. The molecule has 0 aliphatic carbocycles. The molecule has 2 aliphatic heterocycles. The summed E-state index contributed by atoms with van der Waals surface area (Å²) in [4.78, 5) is 4.86. The lowest BCUT2D eigenvalue weighted by Gasteiger charge is -2.24. The van der Waals surface area contributed by atoms with E-state index < -0.39 is 0 Å². The van der Waals surface area contributed by atoms with E-state index in [2.05, 4.69) is 23.8 Å². The van der Waals surface area contributed by atoms with E-state index in [0.29, 0.717) is 6.04 Å². The van der Waals surface area contributed by atoms with E-state index in [1.165, 1.54) is 6.54 Å². The van der Waals surface area contributed by atoms with Crippen molar-refractivity contribution in [2.24, 2.45) is 11.8 Å². The molecule has 0 aromatic heterocycles. The monoisotopic (exact) mass is 264 g/mol. The number of benzene rings is 1. The normalized spacial score (nSPS) is 29.9. The van der Waals surface area contributed by atoms with Crippen molar-refractivity contribution in [3.8, 4) is 0 Å². The summed E-state index contributed by atoms with van der Waals surface area (Å²) in [6, 6.07) is 7.57. The van der Waals surface area contributed by atoms with Crippen molar-refractivity contribution in [3.63, 3.8) is 0 Å². The highest BCUT2D eigenvalue weighted by Crippen LogP contribution is 2.37. The Bertz CT molecular complexity index is 404. The van der Waals surface area contributed by atoms with Gasteiger partial charge in [-0.15, -0.1) is 0 Å². The molecule has 106 valence electrons. The lowest BCUT2D eigenvalue weighted by molar-refractivity contribution is 0.295. The van der Waals surface area contributed by atoms with Gasteiger partial charge in [-0.1, -0.05) is 13.8 Å². The molecule has 3 heteroatoms. The van der Waals surface area contributed by atoms with Crippen LogP contribution >= 0.6 is 0 Å². The van der Waals surface area contributed by atoms with Gasteiger partial charge in [-0.05, 0) is 50.1 Å². The molecular formula is C16H25FN2. The van der Waals surface area contributed by atoms with Gasteiger partial charge < -0.3 is 9.80 Å². The molecule has 0 amide bonds. The number of hydrogen-bond acceptors (Lipinski definition) is 2. The van der Waals surface area contributed by atoms with Gasteiger partial charge in [0.2, 0.25) is 0 Å². The molecule has 3 atom stereocenters. The van der Waals surface area contributed by atoms with Gasteiger partial charge in [0.1, 0.15) is 5.82 Å². The Labute approximate surface area is 116 Å². The first-order valence-corrected chi connectivity index (χ1v) is 7.36. The van der Waals surface area contributed by atoms with Gasteiger partial charge in [0.05, 0.1) is 0 Å². The third-order valence-electron chi connectivity index (χ3n) is 4.52. The highest BCUT2D eigenvalue weighted by molar-refractivity contribution is 5.47. The van der Waals surface area contributed by atoms with Crippen molar-refractivity contribution < 1.29 is 4.39 Å². The molecule has 2 fully saturated rings. The highest BCUT2D eigenvalue weighted by atomic mass is 19.1. The molecule has 0 spiro atoms. The van der Waals surface area contributed by atoms with Crippen LogP contribution in [0.25, 0.3) is 0 Å². The summed E-state index contributed by atoms with van der Waals surface area (Å²) in [6.07, 6.45) is 0. The molecule has 0 saturated carbocycles. The van der Waals surface area contributed by atoms with Gasteiger partial charge in [0, 0.05) is 31.4 Å². The van der Waals surface area contributed by atoms with Crippen LogP contribution in [0.2, 0.25) is 0 Å². The fraction of sp³-hybridized carbons (Fsp3) is 0.625. The van der Waals surface area contributed by atoms with Gasteiger partial charge in [-0.3, -0.25) is 0 Å².